The van der Waals surface area contributed by atoms with Crippen molar-refractivity contribution >= 4 is 34.8 Å². The normalized spacial score (nSPS) is 15.9. The van der Waals surface area contributed by atoms with E-state index in [1.165, 1.54) is 0 Å². The van der Waals surface area contributed by atoms with Gasteiger partial charge in [-0.15, -0.1) is 0 Å². The van der Waals surface area contributed by atoms with Gasteiger partial charge < -0.3 is 0 Å². The van der Waals surface area contributed by atoms with Crippen molar-refractivity contribution in [1.29, 1.82) is 0 Å². The van der Waals surface area contributed by atoms with Crippen molar-refractivity contribution in [3.8, 4) is 0 Å². The van der Waals surface area contributed by atoms with Crippen LogP contribution in [0.1, 0.15) is 34.6 Å². The van der Waals surface area contributed by atoms with E-state index in [0.29, 0.717) is 12.1 Å². The molecule has 0 aliphatic heterocycles. The van der Waals surface area contributed by atoms with Gasteiger partial charge in [-0.3, -0.25) is 4.90 Å². The second-order valence-corrected chi connectivity index (χ2v) is 6.22. The standard InChI is InChI=1S/C9H18Cl3N/c1-6(2)13(7(3)4)8(5)9(10,11)12/h6-8H,1-5H3. The first-order valence-corrected chi connectivity index (χ1v) is 5.65. The monoisotopic (exact) mass is 245 g/mol. The molecule has 0 bridgehead atoms. The van der Waals surface area contributed by atoms with Crippen LogP contribution in [0.15, 0.2) is 0 Å². The lowest BCUT2D eigenvalue weighted by atomic mass is 10.1. The molecule has 0 spiro atoms. The van der Waals surface area contributed by atoms with Crippen LogP contribution in [0, 0.1) is 0 Å². The second-order valence-electron chi connectivity index (χ2n) is 3.85. The lowest BCUT2D eigenvalue weighted by Gasteiger charge is -2.39. The summed E-state index contributed by atoms with van der Waals surface area (Å²) < 4.78 is -1.21. The Hall–Kier alpha value is 0.830. The van der Waals surface area contributed by atoms with Crippen molar-refractivity contribution in [2.75, 3.05) is 0 Å². The number of hydrogen-bond acceptors (Lipinski definition) is 1. The largest absolute Gasteiger partial charge is 0.292 e. The quantitative estimate of drug-likeness (QED) is 0.684. The number of halogens is 3. The van der Waals surface area contributed by atoms with E-state index >= 15 is 0 Å². The summed E-state index contributed by atoms with van der Waals surface area (Å²) >= 11 is 17.6. The first-order valence-electron chi connectivity index (χ1n) is 4.52. The maximum Gasteiger partial charge on any atom is 0.205 e. The Balaban J connectivity index is 4.56. The molecule has 4 heteroatoms. The molecule has 80 valence electrons. The van der Waals surface area contributed by atoms with Crippen molar-refractivity contribution in [3.05, 3.63) is 0 Å². The number of alkyl halides is 3. The Morgan fingerprint density at radius 1 is 0.846 bits per heavy atom. The fraction of sp³-hybridized carbons (Fsp3) is 1.00. The summed E-state index contributed by atoms with van der Waals surface area (Å²) in [6.45, 7) is 10.4. The highest BCUT2D eigenvalue weighted by molar-refractivity contribution is 6.68. The smallest absolute Gasteiger partial charge is 0.205 e. The molecule has 0 heterocycles. The van der Waals surface area contributed by atoms with Crippen molar-refractivity contribution < 1.29 is 0 Å². The van der Waals surface area contributed by atoms with E-state index < -0.39 is 3.79 Å². The summed E-state index contributed by atoms with van der Waals surface area (Å²) in [5.41, 5.74) is 0. The number of hydrogen-bond donors (Lipinski definition) is 0. The molecule has 13 heavy (non-hydrogen) atoms. The Labute approximate surface area is 96.3 Å². The molecule has 0 aliphatic rings. The van der Waals surface area contributed by atoms with Gasteiger partial charge in [-0.2, -0.15) is 0 Å². The van der Waals surface area contributed by atoms with Crippen molar-refractivity contribution in [3.63, 3.8) is 0 Å². The van der Waals surface area contributed by atoms with Gasteiger partial charge in [-0.1, -0.05) is 34.8 Å². The molecular weight excluding hydrogens is 228 g/mol. The van der Waals surface area contributed by atoms with Gasteiger partial charge >= 0.3 is 0 Å². The topological polar surface area (TPSA) is 3.24 Å². The Morgan fingerprint density at radius 3 is 1.23 bits per heavy atom. The highest BCUT2D eigenvalue weighted by atomic mass is 35.6. The van der Waals surface area contributed by atoms with E-state index in [4.69, 9.17) is 34.8 Å². The van der Waals surface area contributed by atoms with Crippen LogP contribution in [0.25, 0.3) is 0 Å². The molecule has 0 aromatic rings. The van der Waals surface area contributed by atoms with Gasteiger partial charge in [0.05, 0.1) is 6.04 Å². The number of nitrogens with zero attached hydrogens (tertiary/aromatic N) is 1. The third kappa shape index (κ3) is 4.24. The minimum absolute atomic E-state index is 0.0718. The van der Waals surface area contributed by atoms with Crippen LogP contribution >= 0.6 is 34.8 Å². The molecule has 0 rings (SSSR count). The van der Waals surface area contributed by atoms with Crippen molar-refractivity contribution in [2.24, 2.45) is 0 Å². The number of rotatable bonds is 3. The van der Waals surface area contributed by atoms with Gasteiger partial charge in [0.1, 0.15) is 0 Å². The van der Waals surface area contributed by atoms with E-state index in [-0.39, 0.29) is 6.04 Å². The predicted molar refractivity (Wildman–Crippen MR) is 61.9 cm³/mol. The highest BCUT2D eigenvalue weighted by Crippen LogP contribution is 2.34. The maximum atomic E-state index is 5.86. The first kappa shape index (κ1) is 13.8. The van der Waals surface area contributed by atoms with Gasteiger partial charge in [0.2, 0.25) is 3.79 Å². The molecule has 0 radical (unpaired) electrons. The Morgan fingerprint density at radius 2 is 1.15 bits per heavy atom. The van der Waals surface area contributed by atoms with E-state index in [2.05, 4.69) is 32.6 Å². The van der Waals surface area contributed by atoms with Crippen LogP contribution in [0.3, 0.4) is 0 Å². The van der Waals surface area contributed by atoms with Crippen LogP contribution in [0.2, 0.25) is 0 Å². The Kier molecular flexibility index (Phi) is 5.39. The minimum atomic E-state index is -1.21. The second kappa shape index (κ2) is 5.06. The summed E-state index contributed by atoms with van der Waals surface area (Å²) in [4.78, 5) is 2.19. The molecule has 0 aliphatic carbocycles. The van der Waals surface area contributed by atoms with Crippen LogP contribution in [-0.4, -0.2) is 26.8 Å². The average Bonchev–Trinajstić information content (AvgIpc) is 1.82. The third-order valence-corrected chi connectivity index (χ3v) is 3.06. The third-order valence-electron chi connectivity index (χ3n) is 2.11. The maximum absolute atomic E-state index is 5.86. The minimum Gasteiger partial charge on any atom is -0.292 e. The zero-order chi connectivity index (χ0) is 10.8. The lowest BCUT2D eigenvalue weighted by Crippen LogP contribution is -2.49. The Bertz CT molecular complexity index is 143. The molecule has 0 saturated heterocycles. The van der Waals surface area contributed by atoms with Crippen LogP contribution < -0.4 is 0 Å². The van der Waals surface area contributed by atoms with Gasteiger partial charge in [0.25, 0.3) is 0 Å². The molecule has 1 unspecified atom stereocenters. The van der Waals surface area contributed by atoms with Crippen LogP contribution in [-0.2, 0) is 0 Å². The molecule has 0 N–H and O–H groups in total. The molecule has 0 aromatic heterocycles. The molecule has 1 atom stereocenters. The van der Waals surface area contributed by atoms with Crippen LogP contribution in [0.5, 0.6) is 0 Å². The van der Waals surface area contributed by atoms with Gasteiger partial charge in [-0.05, 0) is 34.6 Å². The molecular formula is C9H18Cl3N. The first-order chi connectivity index (χ1) is 5.68. The van der Waals surface area contributed by atoms with E-state index in [1.807, 2.05) is 6.92 Å². The zero-order valence-corrected chi connectivity index (χ0v) is 11.1. The molecule has 0 amide bonds. The van der Waals surface area contributed by atoms with Gasteiger partial charge in [-0.25, -0.2) is 0 Å². The molecule has 0 saturated carbocycles. The summed E-state index contributed by atoms with van der Waals surface area (Å²) in [6, 6.07) is 0.689. The van der Waals surface area contributed by atoms with E-state index in [9.17, 15) is 0 Å². The van der Waals surface area contributed by atoms with Crippen molar-refractivity contribution in [1.82, 2.24) is 4.90 Å². The fourth-order valence-electron chi connectivity index (χ4n) is 1.66. The molecule has 1 nitrogen and oxygen atoms in total. The van der Waals surface area contributed by atoms with E-state index in [1.54, 1.807) is 0 Å². The lowest BCUT2D eigenvalue weighted by molar-refractivity contribution is 0.124. The summed E-state index contributed by atoms with van der Waals surface area (Å²) in [6.07, 6.45) is 0. The molecule has 0 aromatic carbocycles. The van der Waals surface area contributed by atoms with Gasteiger partial charge in [0.15, 0.2) is 0 Å². The fourth-order valence-corrected chi connectivity index (χ4v) is 2.00. The zero-order valence-electron chi connectivity index (χ0n) is 8.81. The molecule has 0 fully saturated rings. The highest BCUT2D eigenvalue weighted by Gasteiger charge is 2.35. The van der Waals surface area contributed by atoms with Crippen molar-refractivity contribution in [2.45, 2.75) is 56.5 Å². The van der Waals surface area contributed by atoms with Gasteiger partial charge in [0, 0.05) is 12.1 Å². The van der Waals surface area contributed by atoms with E-state index in [0.717, 1.165) is 0 Å². The average molecular weight is 247 g/mol. The summed E-state index contributed by atoms with van der Waals surface area (Å²) in [7, 11) is 0. The van der Waals surface area contributed by atoms with Crippen LogP contribution in [0.4, 0.5) is 0 Å². The summed E-state index contributed by atoms with van der Waals surface area (Å²) in [5.74, 6) is 0. The summed E-state index contributed by atoms with van der Waals surface area (Å²) in [5, 5.41) is 0. The predicted octanol–water partition coefficient (Wildman–Crippen LogP) is 3.86. The SMILES string of the molecule is CC(C)N(C(C)C)C(C)C(Cl)(Cl)Cl.